The van der Waals surface area contributed by atoms with Gasteiger partial charge in [0.2, 0.25) is 0 Å². The Kier molecular flexibility index (Phi) is 9.59. The summed E-state index contributed by atoms with van der Waals surface area (Å²) in [7, 11) is 0. The number of fused-ring (bicyclic) bond motifs is 1. The first-order valence-electron chi connectivity index (χ1n) is 14.3. The van der Waals surface area contributed by atoms with E-state index in [1.165, 1.54) is 6.20 Å². The van der Waals surface area contributed by atoms with Crippen molar-refractivity contribution >= 4 is 11.7 Å². The fourth-order valence-corrected chi connectivity index (χ4v) is 5.05. The van der Waals surface area contributed by atoms with E-state index in [9.17, 15) is 20.3 Å². The first kappa shape index (κ1) is 30.4. The summed E-state index contributed by atoms with van der Waals surface area (Å²) < 4.78 is 17.7. The molecule has 0 radical (unpaired) electrons. The maximum absolute atomic E-state index is 11.4. The summed E-state index contributed by atoms with van der Waals surface area (Å²) in [5.41, 5.74) is 8.10. The van der Waals surface area contributed by atoms with Gasteiger partial charge in [0, 0.05) is 48.4 Å². The molecule has 1 unspecified atom stereocenters. The third-order valence-electron chi connectivity index (χ3n) is 7.51. The van der Waals surface area contributed by atoms with Crippen LogP contribution in [0, 0.1) is 25.2 Å². The molecule has 10 nitrogen and oxygen atoms in total. The molecule has 0 saturated carbocycles. The Balaban J connectivity index is 1.37. The Hall–Kier alpha value is -5.11. The summed E-state index contributed by atoms with van der Waals surface area (Å²) in [5, 5.41) is 34.5. The van der Waals surface area contributed by atoms with Gasteiger partial charge >= 0.3 is 5.97 Å². The topological polar surface area (TPSA) is 146 Å². The van der Waals surface area contributed by atoms with Crippen LogP contribution in [0.2, 0.25) is 0 Å². The number of nitrogens with zero attached hydrogens (tertiary/aromatic N) is 2. The normalized spacial score (nSPS) is 12.7. The second kappa shape index (κ2) is 13.9. The van der Waals surface area contributed by atoms with Crippen molar-refractivity contribution in [3.8, 4) is 34.4 Å². The van der Waals surface area contributed by atoms with Crippen molar-refractivity contribution in [2.24, 2.45) is 0 Å². The number of ether oxygens (including phenoxy) is 3. The molecule has 2 heterocycles. The highest BCUT2D eigenvalue weighted by Crippen LogP contribution is 2.36. The van der Waals surface area contributed by atoms with Crippen LogP contribution in [0.4, 0.5) is 5.69 Å². The highest BCUT2D eigenvalue weighted by molar-refractivity contribution is 5.73. The summed E-state index contributed by atoms with van der Waals surface area (Å²) in [6, 6.07) is 18.7. The first-order chi connectivity index (χ1) is 21.4. The Labute approximate surface area is 255 Å². The van der Waals surface area contributed by atoms with Gasteiger partial charge < -0.3 is 29.7 Å². The van der Waals surface area contributed by atoms with Gasteiger partial charge in [0.1, 0.15) is 37.7 Å². The lowest BCUT2D eigenvalue weighted by atomic mass is 9.96. The maximum Gasteiger partial charge on any atom is 0.323 e. The number of hydrogen-bond donors (Lipinski definition) is 4. The molecule has 1 aromatic heterocycles. The van der Waals surface area contributed by atoms with E-state index < -0.39 is 18.6 Å². The summed E-state index contributed by atoms with van der Waals surface area (Å²) in [6.45, 7) is 5.50. The average molecular weight is 595 g/mol. The molecule has 0 bridgehead atoms. The van der Waals surface area contributed by atoms with Gasteiger partial charge in [-0.3, -0.25) is 15.1 Å². The van der Waals surface area contributed by atoms with Gasteiger partial charge in [-0.2, -0.15) is 5.26 Å². The number of aromatic nitrogens is 1. The smallest absolute Gasteiger partial charge is 0.323 e. The Morgan fingerprint density at radius 2 is 1.86 bits per heavy atom. The molecule has 0 fully saturated rings. The molecule has 5 rings (SSSR count). The number of pyridine rings is 1. The number of nitrogens with one attached hydrogen (secondary N) is 2. The van der Waals surface area contributed by atoms with Crippen molar-refractivity contribution < 1.29 is 29.2 Å². The minimum absolute atomic E-state index is 0.164. The highest BCUT2D eigenvalue weighted by Gasteiger charge is 2.18. The lowest BCUT2D eigenvalue weighted by molar-refractivity contribution is -0.140. The molecule has 10 heteroatoms. The van der Waals surface area contributed by atoms with Gasteiger partial charge in [-0.1, -0.05) is 24.3 Å². The fourth-order valence-electron chi connectivity index (χ4n) is 5.05. The Morgan fingerprint density at radius 1 is 1.05 bits per heavy atom. The van der Waals surface area contributed by atoms with Crippen molar-refractivity contribution in [2.75, 3.05) is 25.1 Å². The molecule has 0 amide bonds. The van der Waals surface area contributed by atoms with E-state index >= 15 is 0 Å². The molecule has 1 aliphatic rings. The quantitative estimate of drug-likeness (QED) is 0.182. The van der Waals surface area contributed by atoms with E-state index in [1.807, 2.05) is 43.3 Å². The van der Waals surface area contributed by atoms with Crippen molar-refractivity contribution in [3.63, 3.8) is 0 Å². The van der Waals surface area contributed by atoms with Gasteiger partial charge in [0.05, 0.1) is 12.2 Å². The molecular weight excluding hydrogens is 560 g/mol. The predicted molar refractivity (Wildman–Crippen MR) is 165 cm³/mol. The molecule has 1 atom stereocenters. The second-order valence-corrected chi connectivity index (χ2v) is 10.5. The van der Waals surface area contributed by atoms with Gasteiger partial charge in [-0.05, 0) is 65.9 Å². The lowest BCUT2D eigenvalue weighted by Crippen LogP contribution is -2.39. The molecule has 3 aromatic carbocycles. The number of hydrogen-bond acceptors (Lipinski definition) is 9. The van der Waals surface area contributed by atoms with Crippen molar-refractivity contribution in [2.45, 2.75) is 39.6 Å². The Bertz CT molecular complexity index is 1700. The predicted octanol–water partition coefficient (Wildman–Crippen LogP) is 4.73. The van der Waals surface area contributed by atoms with Gasteiger partial charge in [-0.25, -0.2) is 0 Å². The van der Waals surface area contributed by atoms with Crippen LogP contribution < -0.4 is 24.8 Å². The number of nitriles is 1. The van der Waals surface area contributed by atoms with Gasteiger partial charge in [-0.15, -0.1) is 0 Å². The molecule has 1 aliphatic heterocycles. The zero-order chi connectivity index (χ0) is 31.1. The number of rotatable bonds is 12. The van der Waals surface area contributed by atoms with Crippen molar-refractivity contribution in [1.82, 2.24) is 10.3 Å². The maximum atomic E-state index is 11.4. The van der Waals surface area contributed by atoms with Crippen LogP contribution in [-0.2, 0) is 24.5 Å². The van der Waals surface area contributed by atoms with Gasteiger partial charge in [0.15, 0.2) is 11.5 Å². The van der Waals surface area contributed by atoms with Crippen LogP contribution in [0.3, 0.4) is 0 Å². The highest BCUT2D eigenvalue weighted by atomic mass is 16.6. The minimum Gasteiger partial charge on any atom is -0.488 e. The third-order valence-corrected chi connectivity index (χ3v) is 7.51. The van der Waals surface area contributed by atoms with Crippen LogP contribution in [0.1, 0.15) is 33.4 Å². The zero-order valence-corrected chi connectivity index (χ0v) is 24.6. The number of anilines is 1. The number of carboxylic acid groups (broad SMARTS) is 1. The number of benzene rings is 3. The molecule has 44 heavy (non-hydrogen) atoms. The summed E-state index contributed by atoms with van der Waals surface area (Å²) in [6.07, 6.45) is 3.12. The molecule has 0 saturated heterocycles. The zero-order valence-electron chi connectivity index (χ0n) is 24.6. The molecule has 0 aliphatic carbocycles. The molecular formula is C34H34N4O6. The van der Waals surface area contributed by atoms with E-state index in [0.717, 1.165) is 56.1 Å². The van der Waals surface area contributed by atoms with E-state index in [0.29, 0.717) is 31.1 Å². The number of aliphatic hydroxyl groups excluding tert-OH is 1. The molecule has 4 N–H and O–H groups in total. The third kappa shape index (κ3) is 7.09. The lowest BCUT2D eigenvalue weighted by Gasteiger charge is -2.20. The standard InChI is InChI=1S/C34H34N4O6/c1-21-10-27(18-38-30(19-39)34(40)41)32(44-20-24-11-23(14-35)15-36-16-24)13-29(21)37-17-26-4-3-5-28(22(26)2)25-6-7-31-33(12-25)43-9-8-42-31/h3-7,10-13,15-16,30,37-39H,8-9,17-20H2,1-2H3,(H,40,41). The summed E-state index contributed by atoms with van der Waals surface area (Å²) in [5.74, 6) is 0.903. The van der Waals surface area contributed by atoms with Gasteiger partial charge in [0.25, 0.3) is 0 Å². The molecule has 226 valence electrons. The van der Waals surface area contributed by atoms with E-state index in [4.69, 9.17) is 14.2 Å². The fraction of sp³-hybridized carbons (Fsp3) is 0.265. The Morgan fingerprint density at radius 3 is 2.64 bits per heavy atom. The van der Waals surface area contributed by atoms with Crippen LogP contribution in [-0.4, -0.2) is 47.0 Å². The van der Waals surface area contributed by atoms with E-state index in [1.54, 1.807) is 12.3 Å². The number of aliphatic carboxylic acids is 1. The molecule has 0 spiro atoms. The van der Waals surface area contributed by atoms with E-state index in [2.05, 4.69) is 40.7 Å². The van der Waals surface area contributed by atoms with Crippen LogP contribution in [0.15, 0.2) is 67.0 Å². The minimum atomic E-state index is -1.14. The number of aryl methyl sites for hydroxylation is 1. The van der Waals surface area contributed by atoms with Crippen LogP contribution in [0.5, 0.6) is 17.2 Å². The van der Waals surface area contributed by atoms with E-state index in [-0.39, 0.29) is 13.2 Å². The number of carboxylic acids is 1. The van der Waals surface area contributed by atoms with Crippen LogP contribution >= 0.6 is 0 Å². The summed E-state index contributed by atoms with van der Waals surface area (Å²) >= 11 is 0. The number of aliphatic hydroxyl groups is 1. The summed E-state index contributed by atoms with van der Waals surface area (Å²) in [4.78, 5) is 15.5. The van der Waals surface area contributed by atoms with Crippen molar-refractivity contribution in [1.29, 1.82) is 5.26 Å². The first-order valence-corrected chi connectivity index (χ1v) is 14.3. The largest absolute Gasteiger partial charge is 0.488 e. The average Bonchev–Trinajstić information content (AvgIpc) is 3.04. The monoisotopic (exact) mass is 594 g/mol. The molecule has 4 aromatic rings. The number of carbonyl (C=O) groups is 1. The van der Waals surface area contributed by atoms with Crippen molar-refractivity contribution in [3.05, 3.63) is 100 Å². The SMILES string of the molecule is Cc1cc(CNC(CO)C(=O)O)c(OCc2cncc(C#N)c2)cc1NCc1cccc(-c2ccc3c(c2)OCCO3)c1C. The second-order valence-electron chi connectivity index (χ2n) is 10.5. The van der Waals surface area contributed by atoms with Crippen LogP contribution in [0.25, 0.3) is 11.1 Å².